The fourth-order valence-corrected chi connectivity index (χ4v) is 0. The molecule has 3 nitrogen and oxygen atoms in total. The van der Waals surface area contributed by atoms with Crippen molar-refractivity contribution in [2.24, 2.45) is 0 Å². The van der Waals surface area contributed by atoms with Crippen molar-refractivity contribution in [1.82, 2.24) is 0 Å². The molecule has 0 spiro atoms. The molecule has 0 saturated carbocycles. The van der Waals surface area contributed by atoms with Gasteiger partial charge in [0.05, 0.1) is 0 Å². The third-order valence-electron chi connectivity index (χ3n) is 0. The first-order valence-electron chi connectivity index (χ1n) is 2.12. The van der Waals surface area contributed by atoms with E-state index in [0.717, 1.165) is 0 Å². The van der Waals surface area contributed by atoms with Crippen LogP contribution in [0.15, 0.2) is 0 Å². The van der Waals surface area contributed by atoms with Crippen LogP contribution >= 0.6 is 0 Å². The summed E-state index contributed by atoms with van der Waals surface area (Å²) >= 11 is 0. The number of carbonyl (C=O) groups excluding carboxylic acids is 2. The van der Waals surface area contributed by atoms with Crippen molar-refractivity contribution in [3.05, 3.63) is 20.0 Å². The first-order valence-corrected chi connectivity index (χ1v) is 2.12. The molecule has 0 aliphatic rings. The number of hydrogen-bond acceptors (Lipinski definition) is 2. The Bertz CT molecular complexity index is 73.7. The van der Waals surface area contributed by atoms with Gasteiger partial charge in [0.2, 0.25) is 0 Å². The van der Waals surface area contributed by atoms with Gasteiger partial charge in [-0.3, -0.25) is 0 Å². The molecule has 0 saturated heterocycles. The van der Waals surface area contributed by atoms with Crippen molar-refractivity contribution in [2.75, 3.05) is 0 Å². The summed E-state index contributed by atoms with van der Waals surface area (Å²) < 4.78 is 0. The van der Waals surface area contributed by atoms with Crippen LogP contribution in [-0.2, 0) is 9.59 Å². The Kier molecular flexibility index (Phi) is 36.7. The maximum Gasteiger partial charge on any atom is 1.00 e. The predicted molar refractivity (Wildman–Crippen MR) is 37.4 cm³/mol. The number of rotatable bonds is 0. The molecule has 10 heavy (non-hydrogen) atoms. The van der Waals surface area contributed by atoms with Crippen LogP contribution < -0.4 is 51.4 Å². The van der Waals surface area contributed by atoms with Crippen LogP contribution in [0.4, 0.5) is 0 Å². The molecule has 0 aliphatic heterocycles. The van der Waals surface area contributed by atoms with Crippen LogP contribution in [0.1, 0.15) is 13.8 Å². The number of hydrogen-bond donors (Lipinski definition) is 0. The van der Waals surface area contributed by atoms with E-state index in [9.17, 15) is 9.59 Å². The predicted octanol–water partition coefficient (Wildman–Crippen LogP) is -1.46. The first kappa shape index (κ1) is 22.4. The summed E-state index contributed by atoms with van der Waals surface area (Å²) in [6, 6.07) is 0. The Balaban J connectivity index is -0.0000000300. The SMILES string of the molecule is [CH2-]C(C)=O.[CH2-]C(C)=O.[K+].[NH2-]. The third kappa shape index (κ3) is 1120. The summed E-state index contributed by atoms with van der Waals surface area (Å²) in [6.07, 6.45) is 0. The fraction of sp³-hybridized carbons (Fsp3) is 0.333. The second-order valence-electron chi connectivity index (χ2n) is 1.40. The van der Waals surface area contributed by atoms with E-state index >= 15 is 0 Å². The molecule has 0 amide bonds. The van der Waals surface area contributed by atoms with Gasteiger partial charge in [-0.1, -0.05) is 0 Å². The Morgan fingerprint density at radius 3 is 1.00 bits per heavy atom. The molecule has 2 N–H and O–H groups in total. The first-order chi connectivity index (χ1) is 3.46. The standard InChI is InChI=1S/2C3H5O.K.H2N/c2*1-3(2)4;;/h2*1H2,2H3;;1H2/q2*-1;+1;-1. The maximum absolute atomic E-state index is 9.33. The Morgan fingerprint density at radius 2 is 1.00 bits per heavy atom. The number of carbonyl (C=O) groups is 2. The van der Waals surface area contributed by atoms with Gasteiger partial charge in [0.25, 0.3) is 0 Å². The summed E-state index contributed by atoms with van der Waals surface area (Å²) in [7, 11) is 0. The zero-order valence-electron chi connectivity index (χ0n) is 6.81. The monoisotopic (exact) mass is 169 g/mol. The van der Waals surface area contributed by atoms with Crippen LogP contribution in [0.2, 0.25) is 0 Å². The minimum Gasteiger partial charge on any atom is -0.693 e. The smallest absolute Gasteiger partial charge is 0.693 e. The maximum atomic E-state index is 9.33. The molecule has 0 bridgehead atoms. The Labute approximate surface area is 105 Å². The molecule has 0 radical (unpaired) electrons. The Morgan fingerprint density at radius 1 is 1.00 bits per heavy atom. The third-order valence-corrected chi connectivity index (χ3v) is 0. The van der Waals surface area contributed by atoms with E-state index in [4.69, 9.17) is 0 Å². The molecule has 0 fully saturated rings. The van der Waals surface area contributed by atoms with Crippen molar-refractivity contribution in [3.63, 3.8) is 0 Å². The molecule has 0 heterocycles. The zero-order valence-corrected chi connectivity index (χ0v) is 9.93. The van der Waals surface area contributed by atoms with Crippen molar-refractivity contribution in [3.8, 4) is 0 Å². The van der Waals surface area contributed by atoms with E-state index in [1.807, 2.05) is 0 Å². The van der Waals surface area contributed by atoms with Gasteiger partial charge in [-0.2, -0.15) is 0 Å². The van der Waals surface area contributed by atoms with Gasteiger partial charge in [-0.25, -0.2) is 0 Å². The van der Waals surface area contributed by atoms with Gasteiger partial charge in [-0.05, 0) is 25.4 Å². The van der Waals surface area contributed by atoms with Gasteiger partial charge in [0, 0.05) is 0 Å². The normalized spacial score (nSPS) is 5.00. The van der Waals surface area contributed by atoms with Crippen molar-refractivity contribution >= 4 is 11.6 Å². The van der Waals surface area contributed by atoms with Crippen molar-refractivity contribution < 1.29 is 61.0 Å². The molecule has 56 valence electrons. The quantitative estimate of drug-likeness (QED) is 0.328. The van der Waals surface area contributed by atoms with Crippen LogP contribution in [0, 0.1) is 13.8 Å². The zero-order chi connectivity index (χ0) is 7.15. The molecule has 0 aromatic rings. The fourth-order valence-electron chi connectivity index (χ4n) is 0. The summed E-state index contributed by atoms with van der Waals surface area (Å²) in [5.74, 6) is -0.167. The second kappa shape index (κ2) is 16.3. The van der Waals surface area contributed by atoms with Gasteiger partial charge < -0.3 is 29.6 Å². The summed E-state index contributed by atoms with van der Waals surface area (Å²) in [5, 5.41) is 0. The topological polar surface area (TPSA) is 67.6 Å². The van der Waals surface area contributed by atoms with Crippen molar-refractivity contribution in [2.45, 2.75) is 13.8 Å². The molecule has 0 atom stereocenters. The second-order valence-corrected chi connectivity index (χ2v) is 1.40. The number of ketones is 2. The molecular weight excluding hydrogens is 157 g/mol. The van der Waals surface area contributed by atoms with Gasteiger partial charge in [-0.15, -0.1) is 0 Å². The average molecular weight is 169 g/mol. The largest absolute Gasteiger partial charge is 1.00 e. The van der Waals surface area contributed by atoms with E-state index in [1.165, 1.54) is 13.8 Å². The molecule has 0 aromatic heterocycles. The molecule has 0 rings (SSSR count). The summed E-state index contributed by atoms with van der Waals surface area (Å²) in [5.41, 5.74) is 0. The molecular formula is C6H12KNO2-2. The Hall–Kier alpha value is 0.676. The van der Waals surface area contributed by atoms with Gasteiger partial charge in [0.1, 0.15) is 0 Å². The van der Waals surface area contributed by atoms with E-state index in [0.29, 0.717) is 0 Å². The van der Waals surface area contributed by atoms with E-state index in [-0.39, 0.29) is 69.1 Å². The minimum absolute atomic E-state index is 0. The van der Waals surface area contributed by atoms with Crippen LogP contribution in [0.25, 0.3) is 6.15 Å². The van der Waals surface area contributed by atoms with Gasteiger partial charge >= 0.3 is 51.4 Å². The van der Waals surface area contributed by atoms with Crippen LogP contribution in [0.5, 0.6) is 0 Å². The number of nitrogens with two attached hydrogens (primary N) is 1. The minimum atomic E-state index is -0.0833. The van der Waals surface area contributed by atoms with Crippen LogP contribution in [0.3, 0.4) is 0 Å². The van der Waals surface area contributed by atoms with Crippen LogP contribution in [-0.4, -0.2) is 11.6 Å². The van der Waals surface area contributed by atoms with Gasteiger partial charge in [0.15, 0.2) is 0 Å². The van der Waals surface area contributed by atoms with Crippen molar-refractivity contribution in [1.29, 1.82) is 0 Å². The molecule has 0 unspecified atom stereocenters. The number of Topliss-reactive ketones (excluding diaryl/α,β-unsaturated/α-hetero) is 2. The molecule has 0 aromatic carbocycles. The van der Waals surface area contributed by atoms with E-state index in [2.05, 4.69) is 13.8 Å². The molecule has 0 aliphatic carbocycles. The average Bonchev–Trinajstić information content (AvgIpc) is 1.25. The summed E-state index contributed by atoms with van der Waals surface area (Å²) in [4.78, 5) is 18.7. The summed E-state index contributed by atoms with van der Waals surface area (Å²) in [6.45, 7) is 8.83. The molecule has 4 heteroatoms. The van der Waals surface area contributed by atoms with E-state index in [1.54, 1.807) is 0 Å². The van der Waals surface area contributed by atoms with E-state index < -0.39 is 0 Å².